The summed E-state index contributed by atoms with van der Waals surface area (Å²) in [6.45, 7) is 5.39. The first-order valence-corrected chi connectivity index (χ1v) is 6.09. The molecule has 0 radical (unpaired) electrons. The summed E-state index contributed by atoms with van der Waals surface area (Å²) in [4.78, 5) is 0. The first kappa shape index (κ1) is 8.57. The predicted octanol–water partition coefficient (Wildman–Crippen LogP) is 0.144. The van der Waals surface area contributed by atoms with Gasteiger partial charge in [0.25, 0.3) is 0 Å². The summed E-state index contributed by atoms with van der Waals surface area (Å²) < 4.78 is 19.8. The van der Waals surface area contributed by atoms with Crippen molar-refractivity contribution in [2.75, 3.05) is 7.11 Å². The van der Waals surface area contributed by atoms with Crippen LogP contribution in [0.25, 0.3) is 0 Å². The topological polar surface area (TPSA) is 35.5 Å². The van der Waals surface area contributed by atoms with Crippen LogP contribution < -0.4 is 0 Å². The van der Waals surface area contributed by atoms with Gasteiger partial charge >= 0.3 is 9.17 Å². The molecule has 0 aliphatic heterocycles. The SMILES string of the molecule is C=C[SiH](C)O[Si](=O)OC. The van der Waals surface area contributed by atoms with Crippen LogP contribution in [-0.4, -0.2) is 25.3 Å². The van der Waals surface area contributed by atoms with E-state index in [9.17, 15) is 4.46 Å². The average molecular weight is 162 g/mol. The van der Waals surface area contributed by atoms with Crippen LogP contribution in [0.15, 0.2) is 12.3 Å². The van der Waals surface area contributed by atoms with Gasteiger partial charge in [-0.25, -0.2) is 0 Å². The third-order valence-corrected chi connectivity index (χ3v) is 4.03. The molecule has 0 rings (SSSR count). The number of hydrogen-bond acceptors (Lipinski definition) is 3. The lowest BCUT2D eigenvalue weighted by Gasteiger charge is -2.03. The lowest BCUT2D eigenvalue weighted by atomic mass is 11.3. The summed E-state index contributed by atoms with van der Waals surface area (Å²) in [6, 6.07) is 0. The fourth-order valence-electron chi connectivity index (χ4n) is 0.248. The first-order chi connectivity index (χ1) is 4.20. The molecule has 0 spiro atoms. The van der Waals surface area contributed by atoms with Gasteiger partial charge in [0.15, 0.2) is 0 Å². The van der Waals surface area contributed by atoms with E-state index in [1.807, 2.05) is 6.55 Å². The predicted molar refractivity (Wildman–Crippen MR) is 37.7 cm³/mol. The second-order valence-electron chi connectivity index (χ2n) is 1.51. The molecule has 0 fully saturated rings. The van der Waals surface area contributed by atoms with Crippen LogP contribution in [0.5, 0.6) is 0 Å². The van der Waals surface area contributed by atoms with Gasteiger partial charge in [0.05, 0.1) is 7.11 Å². The highest BCUT2D eigenvalue weighted by Gasteiger charge is 2.10. The summed E-state index contributed by atoms with van der Waals surface area (Å²) in [5.41, 5.74) is 1.70. The Morgan fingerprint density at radius 2 is 2.33 bits per heavy atom. The van der Waals surface area contributed by atoms with Gasteiger partial charge in [0.1, 0.15) is 0 Å². The van der Waals surface area contributed by atoms with Gasteiger partial charge in [-0.05, 0) is 6.55 Å². The molecule has 0 aromatic heterocycles. The Morgan fingerprint density at radius 3 is 2.67 bits per heavy atom. The van der Waals surface area contributed by atoms with Crippen LogP contribution in [0.1, 0.15) is 0 Å². The lowest BCUT2D eigenvalue weighted by molar-refractivity contribution is 0.286. The molecule has 5 heteroatoms. The fourth-order valence-corrected chi connectivity index (χ4v) is 2.23. The standard InChI is InChI=1S/C4H10O3Si2/c1-4-8(3)7-9(5)6-2/h4,8H,1H2,2-3H3. The van der Waals surface area contributed by atoms with Crippen molar-refractivity contribution < 1.29 is 13.0 Å². The van der Waals surface area contributed by atoms with E-state index in [-0.39, 0.29) is 0 Å². The van der Waals surface area contributed by atoms with E-state index in [0.717, 1.165) is 0 Å². The number of rotatable bonds is 4. The maximum absolute atomic E-state index is 10.5. The van der Waals surface area contributed by atoms with E-state index in [0.29, 0.717) is 0 Å². The molecule has 9 heavy (non-hydrogen) atoms. The number of hydrogen-bond donors (Lipinski definition) is 0. The molecule has 0 saturated carbocycles. The molecule has 1 atom stereocenters. The minimum Gasteiger partial charge on any atom is -0.550 e. The van der Waals surface area contributed by atoms with Gasteiger partial charge in [-0.1, -0.05) is 5.70 Å². The van der Waals surface area contributed by atoms with Gasteiger partial charge in [0.2, 0.25) is 9.04 Å². The molecule has 0 N–H and O–H groups in total. The molecular formula is C4H10O3Si2. The minimum atomic E-state index is -2.20. The molecule has 52 valence electrons. The Labute approximate surface area is 57.9 Å². The van der Waals surface area contributed by atoms with E-state index in [4.69, 9.17) is 4.12 Å². The largest absolute Gasteiger partial charge is 0.751 e. The third-order valence-electron chi connectivity index (χ3n) is 0.781. The molecule has 0 aromatic carbocycles. The third kappa shape index (κ3) is 4.10. The Balaban J connectivity index is 3.46. The summed E-state index contributed by atoms with van der Waals surface area (Å²) in [5.74, 6) is 0. The fraction of sp³-hybridized carbons (Fsp3) is 0.500. The van der Waals surface area contributed by atoms with Crippen molar-refractivity contribution >= 4 is 18.2 Å². The van der Waals surface area contributed by atoms with E-state index in [1.54, 1.807) is 5.70 Å². The molecule has 0 heterocycles. The summed E-state index contributed by atoms with van der Waals surface area (Å²) in [5, 5.41) is 0. The van der Waals surface area contributed by atoms with Crippen molar-refractivity contribution in [2.45, 2.75) is 6.55 Å². The molecule has 3 nitrogen and oxygen atoms in total. The van der Waals surface area contributed by atoms with Crippen LogP contribution in [0.4, 0.5) is 0 Å². The van der Waals surface area contributed by atoms with Gasteiger partial charge in [0, 0.05) is 0 Å². The maximum Gasteiger partial charge on any atom is 0.751 e. The molecule has 0 saturated heterocycles. The van der Waals surface area contributed by atoms with Gasteiger partial charge in [-0.15, -0.1) is 6.58 Å². The van der Waals surface area contributed by atoms with E-state index in [1.165, 1.54) is 7.11 Å². The maximum atomic E-state index is 10.5. The Kier molecular flexibility index (Phi) is 4.24. The van der Waals surface area contributed by atoms with Crippen LogP contribution in [0, 0.1) is 0 Å². The zero-order chi connectivity index (χ0) is 7.28. The summed E-state index contributed by atoms with van der Waals surface area (Å²) in [6.07, 6.45) is 0. The molecule has 0 aliphatic carbocycles. The van der Waals surface area contributed by atoms with E-state index in [2.05, 4.69) is 11.0 Å². The first-order valence-electron chi connectivity index (χ1n) is 2.58. The highest BCUT2D eigenvalue weighted by Crippen LogP contribution is 1.85. The van der Waals surface area contributed by atoms with E-state index < -0.39 is 18.2 Å². The molecule has 0 amide bonds. The zero-order valence-corrected chi connectivity index (χ0v) is 7.74. The molecule has 0 bridgehead atoms. The van der Waals surface area contributed by atoms with Gasteiger partial charge in [-0.2, -0.15) is 0 Å². The highest BCUT2D eigenvalue weighted by atomic mass is 28.4. The molecule has 0 aromatic rings. The smallest absolute Gasteiger partial charge is 0.550 e. The van der Waals surface area contributed by atoms with E-state index >= 15 is 0 Å². The van der Waals surface area contributed by atoms with Crippen molar-refractivity contribution in [1.29, 1.82) is 0 Å². The van der Waals surface area contributed by atoms with Crippen molar-refractivity contribution in [3.8, 4) is 0 Å². The second-order valence-corrected chi connectivity index (χ2v) is 5.25. The Hall–Kier alpha value is -0.426. The second kappa shape index (κ2) is 4.45. The highest BCUT2D eigenvalue weighted by molar-refractivity contribution is 6.61. The molecule has 0 aliphatic rings. The Morgan fingerprint density at radius 1 is 1.78 bits per heavy atom. The van der Waals surface area contributed by atoms with Crippen LogP contribution >= 0.6 is 0 Å². The van der Waals surface area contributed by atoms with Gasteiger partial charge < -0.3 is 8.54 Å². The van der Waals surface area contributed by atoms with Crippen LogP contribution in [0.3, 0.4) is 0 Å². The molecular weight excluding hydrogens is 152 g/mol. The monoisotopic (exact) mass is 162 g/mol. The van der Waals surface area contributed by atoms with Crippen molar-refractivity contribution in [3.05, 3.63) is 12.3 Å². The minimum absolute atomic E-state index is 1.37. The molecule has 1 unspecified atom stereocenters. The average Bonchev–Trinajstić information content (AvgIpc) is 1.87. The van der Waals surface area contributed by atoms with Crippen LogP contribution in [-0.2, 0) is 13.0 Å². The summed E-state index contributed by atoms with van der Waals surface area (Å²) >= 11 is 0. The quantitative estimate of drug-likeness (QED) is 0.552. The lowest BCUT2D eigenvalue weighted by Crippen LogP contribution is -2.19. The summed E-state index contributed by atoms with van der Waals surface area (Å²) in [7, 11) is -2.22. The van der Waals surface area contributed by atoms with Gasteiger partial charge in [-0.3, -0.25) is 4.46 Å². The van der Waals surface area contributed by atoms with Crippen molar-refractivity contribution in [3.63, 3.8) is 0 Å². The van der Waals surface area contributed by atoms with Crippen LogP contribution in [0.2, 0.25) is 6.55 Å². The van der Waals surface area contributed by atoms with Crippen molar-refractivity contribution in [1.82, 2.24) is 0 Å². The van der Waals surface area contributed by atoms with Crippen molar-refractivity contribution in [2.24, 2.45) is 0 Å². The Bertz CT molecular complexity index is 114. The normalized spacial score (nSPS) is 11.8. The zero-order valence-electron chi connectivity index (χ0n) is 5.59.